The number of unbranched alkanes of at least 4 members (excludes halogenated alkanes) is 12. The topological polar surface area (TPSA) is 231 Å². The number of nitrogens with one attached hydrogen (secondary N) is 1. The molecule has 10 atom stereocenters. The summed E-state index contributed by atoms with van der Waals surface area (Å²) < 4.78 is 36.7. The molecule has 1 saturated heterocycles. The number of aliphatic hydroxyl groups is 3. The van der Waals surface area contributed by atoms with Gasteiger partial charge >= 0.3 is 30.0 Å². The van der Waals surface area contributed by atoms with E-state index in [0.717, 1.165) is 39.0 Å². The summed E-state index contributed by atoms with van der Waals surface area (Å²) in [5.41, 5.74) is -11.0. The number of esters is 4. The standard InChI is InChI=1S/C59H83NO15/c1-10-11-12-13-14-15-16-17-18-19-20-21-28-33-45(63)74-59(35-40-29-24-22-25-30-40,60-53(68)75-54(4,5)6)52(67)71-42-36-58(69)50(72-51(66)41-31-26-23-27-32-41)48-56(9,49(65)47(64)46(38(42)2)55(58,7)8)43(62)34-44-57(48,37-70-44)73-39(3)61/h22-27,29-32,42-44,47-48,50,62,64,69H,10-21,28,33-37H2,1-9H3,(H,60,68). The highest BCUT2D eigenvalue weighted by Crippen LogP contribution is 2.64. The number of hydrogen-bond acceptors (Lipinski definition) is 15. The number of ether oxygens (including phenoxy) is 6. The largest absolute Gasteiger partial charge is 0.455 e. The van der Waals surface area contributed by atoms with Gasteiger partial charge in [0.25, 0.3) is 5.72 Å². The predicted molar refractivity (Wildman–Crippen MR) is 278 cm³/mol. The lowest BCUT2D eigenvalue weighted by Crippen LogP contribution is -2.81. The van der Waals surface area contributed by atoms with Crippen LogP contribution in [0.3, 0.4) is 0 Å². The summed E-state index contributed by atoms with van der Waals surface area (Å²) in [4.78, 5) is 86.3. The van der Waals surface area contributed by atoms with Gasteiger partial charge in [-0.1, -0.05) is 146 Å². The molecule has 414 valence electrons. The van der Waals surface area contributed by atoms with Crippen LogP contribution < -0.4 is 5.32 Å². The maximum Gasteiger partial charge on any atom is 0.411 e. The Morgan fingerprint density at radius 3 is 1.88 bits per heavy atom. The first-order chi connectivity index (χ1) is 35.4. The highest BCUT2D eigenvalue weighted by molar-refractivity contribution is 5.94. The van der Waals surface area contributed by atoms with Crippen LogP contribution in [0.4, 0.5) is 4.79 Å². The van der Waals surface area contributed by atoms with Gasteiger partial charge in [0.05, 0.1) is 29.6 Å². The molecule has 2 saturated carbocycles. The average Bonchev–Trinajstić information content (AvgIpc) is 3.33. The van der Waals surface area contributed by atoms with Crippen molar-refractivity contribution in [1.82, 2.24) is 5.32 Å². The van der Waals surface area contributed by atoms with Gasteiger partial charge in [-0.2, -0.15) is 0 Å². The van der Waals surface area contributed by atoms with E-state index in [2.05, 4.69) is 12.2 Å². The molecule has 6 rings (SSSR count). The normalized spacial score (nSPS) is 28.7. The van der Waals surface area contributed by atoms with Crippen molar-refractivity contribution in [3.63, 3.8) is 0 Å². The quantitative estimate of drug-likeness (QED) is 0.0267. The molecule has 0 radical (unpaired) electrons. The van der Waals surface area contributed by atoms with E-state index in [9.17, 15) is 34.5 Å². The Labute approximate surface area is 443 Å². The van der Waals surface area contributed by atoms with Crippen LogP contribution in [-0.4, -0.2) is 111 Å². The Kier molecular flexibility index (Phi) is 19.3. The van der Waals surface area contributed by atoms with Crippen LogP contribution in [0.1, 0.15) is 181 Å². The van der Waals surface area contributed by atoms with Gasteiger partial charge in [0.15, 0.2) is 11.4 Å². The van der Waals surface area contributed by atoms with Gasteiger partial charge in [0.1, 0.15) is 35.6 Å². The van der Waals surface area contributed by atoms with E-state index in [1.54, 1.807) is 83.1 Å². The molecule has 4 aliphatic rings. The van der Waals surface area contributed by atoms with Crippen LogP contribution in [-0.2, 0) is 54.0 Å². The first-order valence-corrected chi connectivity index (χ1v) is 27.3. The smallest absolute Gasteiger partial charge is 0.411 e. The summed E-state index contributed by atoms with van der Waals surface area (Å²) in [5, 5.41) is 41.0. The minimum absolute atomic E-state index is 0.0681. The van der Waals surface area contributed by atoms with Gasteiger partial charge in [-0.25, -0.2) is 14.4 Å². The van der Waals surface area contributed by atoms with E-state index in [4.69, 9.17) is 28.4 Å². The lowest BCUT2D eigenvalue weighted by Gasteiger charge is -2.67. The van der Waals surface area contributed by atoms with E-state index < -0.39 is 118 Å². The highest BCUT2D eigenvalue weighted by Gasteiger charge is 2.78. The van der Waals surface area contributed by atoms with Crippen LogP contribution in [0.5, 0.6) is 0 Å². The molecular weight excluding hydrogens is 963 g/mol. The zero-order valence-electron chi connectivity index (χ0n) is 45.7. The number of benzene rings is 2. The van der Waals surface area contributed by atoms with Crippen LogP contribution in [0.25, 0.3) is 0 Å². The lowest BCUT2D eigenvalue weighted by molar-refractivity contribution is -0.346. The third-order valence-corrected chi connectivity index (χ3v) is 16.3. The molecule has 16 nitrogen and oxygen atoms in total. The first-order valence-electron chi connectivity index (χ1n) is 27.3. The van der Waals surface area contributed by atoms with Gasteiger partial charge in [-0.3, -0.25) is 19.7 Å². The zero-order chi connectivity index (χ0) is 55.0. The number of fused-ring (bicyclic) bond motifs is 5. The van der Waals surface area contributed by atoms with E-state index in [1.807, 2.05) is 0 Å². The second-order valence-corrected chi connectivity index (χ2v) is 23.1. The molecule has 1 aliphatic heterocycles. The van der Waals surface area contributed by atoms with Crippen molar-refractivity contribution >= 4 is 35.8 Å². The van der Waals surface area contributed by atoms with Gasteiger partial charge in [-0.05, 0) is 69.9 Å². The highest BCUT2D eigenvalue weighted by atomic mass is 16.6. The Bertz CT molecular complexity index is 2360. The molecule has 75 heavy (non-hydrogen) atoms. The number of hydrogen-bond donors (Lipinski definition) is 4. The number of carbonyl (C=O) groups excluding carboxylic acids is 6. The second kappa shape index (κ2) is 24.4. The Hall–Kier alpha value is -5.16. The monoisotopic (exact) mass is 1050 g/mol. The minimum atomic E-state index is -2.59. The molecule has 0 spiro atoms. The second-order valence-electron chi connectivity index (χ2n) is 23.1. The number of amides is 1. The minimum Gasteiger partial charge on any atom is -0.455 e. The Balaban J connectivity index is 1.38. The molecule has 4 N–H and O–H groups in total. The van der Waals surface area contributed by atoms with Gasteiger partial charge in [0.2, 0.25) is 0 Å². The maximum absolute atomic E-state index is 15.4. The molecule has 1 heterocycles. The summed E-state index contributed by atoms with van der Waals surface area (Å²) in [5.74, 6) is -6.29. The maximum atomic E-state index is 15.4. The number of Topliss-reactive ketones (excluding diaryl/α,β-unsaturated/α-hetero) is 1. The molecule has 1 amide bonds. The van der Waals surface area contributed by atoms with Gasteiger partial charge < -0.3 is 43.7 Å². The molecule has 0 aromatic heterocycles. The van der Waals surface area contributed by atoms with E-state index in [-0.39, 0.29) is 36.2 Å². The summed E-state index contributed by atoms with van der Waals surface area (Å²) >= 11 is 0. The van der Waals surface area contributed by atoms with Crippen LogP contribution in [0.2, 0.25) is 0 Å². The molecule has 2 bridgehead atoms. The predicted octanol–water partition coefficient (Wildman–Crippen LogP) is 9.12. The molecule has 2 aromatic rings. The first kappa shape index (κ1) is 59.1. The Morgan fingerprint density at radius 2 is 1.35 bits per heavy atom. The van der Waals surface area contributed by atoms with Gasteiger partial charge in [0, 0.05) is 38.0 Å². The van der Waals surface area contributed by atoms with Crippen molar-refractivity contribution in [2.45, 2.75) is 225 Å². The molecule has 2 aromatic carbocycles. The average molecular weight is 1050 g/mol. The number of alkyl carbamates (subject to hydrolysis) is 1. The zero-order valence-corrected chi connectivity index (χ0v) is 45.7. The summed E-state index contributed by atoms with van der Waals surface area (Å²) in [6, 6.07) is 16.4. The third-order valence-electron chi connectivity index (χ3n) is 16.3. The molecule has 16 heteroatoms. The van der Waals surface area contributed by atoms with Crippen LogP contribution >= 0.6 is 0 Å². The van der Waals surface area contributed by atoms with Crippen LogP contribution in [0.15, 0.2) is 71.8 Å². The summed E-state index contributed by atoms with van der Waals surface area (Å²) in [6.07, 6.45) is 3.64. The molecular formula is C59H83NO15. The Morgan fingerprint density at radius 1 is 0.787 bits per heavy atom. The number of aliphatic hydroxyl groups excluding tert-OH is 2. The number of ketones is 1. The SMILES string of the molecule is CCCCCCCCCCCCCCCC(=O)OC(Cc1ccccc1)(NC(=O)OC(C)(C)C)C(=O)OC1CC2(O)C(OC(=O)c3ccccc3)C3C4(OC(C)=O)COC4CC(O)C3(C)C(=O)C(O)C(=C1C)C2(C)C. The van der Waals surface area contributed by atoms with Crippen molar-refractivity contribution in [2.24, 2.45) is 16.7 Å². The number of rotatable bonds is 23. The summed E-state index contributed by atoms with van der Waals surface area (Å²) in [7, 11) is 0. The van der Waals surface area contributed by atoms with Crippen molar-refractivity contribution < 1.29 is 72.5 Å². The van der Waals surface area contributed by atoms with Crippen molar-refractivity contribution in [3.8, 4) is 0 Å². The fourth-order valence-corrected chi connectivity index (χ4v) is 12.2. The van der Waals surface area contributed by atoms with Crippen molar-refractivity contribution in [1.29, 1.82) is 0 Å². The fourth-order valence-electron chi connectivity index (χ4n) is 12.2. The number of carbonyl (C=O) groups is 6. The van der Waals surface area contributed by atoms with E-state index in [0.29, 0.717) is 12.0 Å². The van der Waals surface area contributed by atoms with E-state index >= 15 is 9.59 Å². The molecule has 3 fully saturated rings. The fraction of sp³-hybridized carbons (Fsp3) is 0.661. The third kappa shape index (κ3) is 12.8. The molecule has 10 unspecified atom stereocenters. The lowest BCUT2D eigenvalue weighted by atomic mass is 9.44. The summed E-state index contributed by atoms with van der Waals surface area (Å²) in [6.45, 7) is 14.0. The van der Waals surface area contributed by atoms with Gasteiger partial charge in [-0.15, -0.1) is 0 Å². The van der Waals surface area contributed by atoms with Crippen molar-refractivity contribution in [2.75, 3.05) is 6.61 Å². The van der Waals surface area contributed by atoms with E-state index in [1.165, 1.54) is 70.9 Å². The van der Waals surface area contributed by atoms with Crippen LogP contribution in [0, 0.1) is 16.7 Å². The van der Waals surface area contributed by atoms with Crippen molar-refractivity contribution in [3.05, 3.63) is 82.9 Å². The molecule has 3 aliphatic carbocycles.